The van der Waals surface area contributed by atoms with Crippen molar-refractivity contribution in [2.45, 2.75) is 32.2 Å². The number of ether oxygens (including phenoxy) is 1. The maximum atomic E-state index is 12.3. The second-order valence-electron chi connectivity index (χ2n) is 5.65. The standard InChI is InChI=1S/C16H24ClNO3/c1-12(10-13-6-4-5-7-14(13)17)15(20)18-16(2,8-9-19)11-21-3/h4-7,12,19H,8-11H2,1-3H3,(H,18,20). The SMILES string of the molecule is COCC(C)(CCO)NC(=O)C(C)Cc1ccccc1Cl. The van der Waals surface area contributed by atoms with Crippen molar-refractivity contribution in [3.05, 3.63) is 34.9 Å². The minimum Gasteiger partial charge on any atom is -0.396 e. The Hall–Kier alpha value is -1.10. The first-order valence-corrected chi connectivity index (χ1v) is 7.45. The van der Waals surface area contributed by atoms with E-state index in [1.807, 2.05) is 38.1 Å². The number of halogens is 1. The van der Waals surface area contributed by atoms with Crippen LogP contribution in [0.15, 0.2) is 24.3 Å². The minimum absolute atomic E-state index is 0.000958. The van der Waals surface area contributed by atoms with Crippen LogP contribution in [0.3, 0.4) is 0 Å². The molecule has 118 valence electrons. The predicted molar refractivity (Wildman–Crippen MR) is 84.4 cm³/mol. The second kappa shape index (κ2) is 8.37. The van der Waals surface area contributed by atoms with Gasteiger partial charge in [0.25, 0.3) is 0 Å². The highest BCUT2D eigenvalue weighted by molar-refractivity contribution is 6.31. The number of benzene rings is 1. The van der Waals surface area contributed by atoms with Gasteiger partial charge in [-0.15, -0.1) is 0 Å². The molecule has 0 aliphatic rings. The lowest BCUT2D eigenvalue weighted by atomic mass is 9.95. The molecule has 0 radical (unpaired) electrons. The fraction of sp³-hybridized carbons (Fsp3) is 0.562. The van der Waals surface area contributed by atoms with Gasteiger partial charge in [0.2, 0.25) is 5.91 Å². The molecule has 0 saturated heterocycles. The molecule has 1 aromatic rings. The minimum atomic E-state index is -0.560. The quantitative estimate of drug-likeness (QED) is 0.775. The molecule has 0 saturated carbocycles. The zero-order chi connectivity index (χ0) is 15.9. The van der Waals surface area contributed by atoms with Crippen LogP contribution in [-0.2, 0) is 16.0 Å². The van der Waals surface area contributed by atoms with Crippen LogP contribution in [0.4, 0.5) is 0 Å². The Bertz CT molecular complexity index is 459. The number of carbonyl (C=O) groups excluding carboxylic acids is 1. The average Bonchev–Trinajstić information content (AvgIpc) is 2.41. The van der Waals surface area contributed by atoms with E-state index in [0.717, 1.165) is 5.56 Å². The molecule has 5 heteroatoms. The molecule has 2 N–H and O–H groups in total. The van der Waals surface area contributed by atoms with E-state index in [4.69, 9.17) is 21.4 Å². The van der Waals surface area contributed by atoms with E-state index in [0.29, 0.717) is 24.5 Å². The molecular weight excluding hydrogens is 290 g/mol. The van der Waals surface area contributed by atoms with E-state index in [9.17, 15) is 4.79 Å². The molecule has 0 bridgehead atoms. The van der Waals surface area contributed by atoms with Gasteiger partial charge in [0, 0.05) is 24.7 Å². The van der Waals surface area contributed by atoms with Crippen molar-refractivity contribution in [1.82, 2.24) is 5.32 Å². The monoisotopic (exact) mass is 313 g/mol. The van der Waals surface area contributed by atoms with E-state index in [1.165, 1.54) is 0 Å². The molecule has 1 aromatic carbocycles. The molecule has 1 rings (SSSR count). The first-order valence-electron chi connectivity index (χ1n) is 7.07. The number of nitrogens with one attached hydrogen (secondary N) is 1. The summed E-state index contributed by atoms with van der Waals surface area (Å²) in [6.45, 7) is 4.09. The number of carbonyl (C=O) groups is 1. The van der Waals surface area contributed by atoms with E-state index in [2.05, 4.69) is 5.32 Å². The summed E-state index contributed by atoms with van der Waals surface area (Å²) in [4.78, 5) is 12.3. The molecule has 0 heterocycles. The van der Waals surface area contributed by atoms with E-state index < -0.39 is 5.54 Å². The molecule has 0 aromatic heterocycles. The third kappa shape index (κ3) is 5.65. The molecular formula is C16H24ClNO3. The largest absolute Gasteiger partial charge is 0.396 e. The Kier molecular flexibility index (Phi) is 7.15. The van der Waals surface area contributed by atoms with Crippen LogP contribution < -0.4 is 5.32 Å². The number of rotatable bonds is 8. The van der Waals surface area contributed by atoms with Crippen molar-refractivity contribution in [3.63, 3.8) is 0 Å². The summed E-state index contributed by atoms with van der Waals surface area (Å²) in [6.07, 6.45) is 1.03. The number of hydrogen-bond donors (Lipinski definition) is 2. The fourth-order valence-corrected chi connectivity index (χ4v) is 2.46. The summed E-state index contributed by atoms with van der Waals surface area (Å²) < 4.78 is 5.13. The van der Waals surface area contributed by atoms with Crippen LogP contribution >= 0.6 is 11.6 Å². The Balaban J connectivity index is 2.67. The molecule has 0 spiro atoms. The van der Waals surface area contributed by atoms with Crippen molar-refractivity contribution >= 4 is 17.5 Å². The van der Waals surface area contributed by atoms with E-state index in [1.54, 1.807) is 7.11 Å². The van der Waals surface area contributed by atoms with Gasteiger partial charge in [0.1, 0.15) is 0 Å². The number of aliphatic hydroxyl groups excluding tert-OH is 1. The van der Waals surface area contributed by atoms with Crippen LogP contribution in [0.5, 0.6) is 0 Å². The van der Waals surface area contributed by atoms with Crippen LogP contribution in [0, 0.1) is 5.92 Å². The van der Waals surface area contributed by atoms with Gasteiger partial charge >= 0.3 is 0 Å². The van der Waals surface area contributed by atoms with E-state index >= 15 is 0 Å². The maximum Gasteiger partial charge on any atom is 0.223 e. The van der Waals surface area contributed by atoms with Crippen molar-refractivity contribution < 1.29 is 14.6 Å². The molecule has 1 amide bonds. The van der Waals surface area contributed by atoms with E-state index in [-0.39, 0.29) is 18.4 Å². The lowest BCUT2D eigenvalue weighted by Gasteiger charge is -2.31. The van der Waals surface area contributed by atoms with Crippen LogP contribution in [0.1, 0.15) is 25.8 Å². The van der Waals surface area contributed by atoms with Gasteiger partial charge in [-0.25, -0.2) is 0 Å². The molecule has 21 heavy (non-hydrogen) atoms. The summed E-state index contributed by atoms with van der Waals surface area (Å²) in [5.41, 5.74) is 0.396. The molecule has 2 atom stereocenters. The van der Waals surface area contributed by atoms with Crippen molar-refractivity contribution in [2.75, 3.05) is 20.3 Å². The van der Waals surface area contributed by atoms with Crippen molar-refractivity contribution in [2.24, 2.45) is 5.92 Å². The number of amides is 1. The first kappa shape index (κ1) is 18.0. The van der Waals surface area contributed by atoms with Gasteiger partial charge in [-0.1, -0.05) is 36.7 Å². The zero-order valence-corrected chi connectivity index (χ0v) is 13.6. The van der Waals surface area contributed by atoms with Crippen molar-refractivity contribution in [3.8, 4) is 0 Å². The van der Waals surface area contributed by atoms with Gasteiger partial charge in [0.15, 0.2) is 0 Å². The zero-order valence-electron chi connectivity index (χ0n) is 12.9. The number of hydrogen-bond acceptors (Lipinski definition) is 3. The smallest absolute Gasteiger partial charge is 0.223 e. The third-order valence-corrected chi connectivity index (χ3v) is 3.85. The summed E-state index contributed by atoms with van der Waals surface area (Å²) in [5.74, 6) is -0.275. The maximum absolute atomic E-state index is 12.3. The van der Waals surface area contributed by atoms with Gasteiger partial charge < -0.3 is 15.2 Å². The topological polar surface area (TPSA) is 58.6 Å². The van der Waals surface area contributed by atoms with Gasteiger partial charge in [-0.2, -0.15) is 0 Å². The highest BCUT2D eigenvalue weighted by Crippen LogP contribution is 2.19. The Labute approximate surface area is 131 Å². The summed E-state index contributed by atoms with van der Waals surface area (Å²) >= 11 is 6.12. The van der Waals surface area contributed by atoms with Gasteiger partial charge in [-0.3, -0.25) is 4.79 Å². The Morgan fingerprint density at radius 1 is 1.48 bits per heavy atom. The summed E-state index contributed by atoms with van der Waals surface area (Å²) in [7, 11) is 1.58. The molecule has 0 fully saturated rings. The lowest BCUT2D eigenvalue weighted by Crippen LogP contribution is -2.51. The normalized spacial score (nSPS) is 15.3. The second-order valence-corrected chi connectivity index (χ2v) is 6.06. The Morgan fingerprint density at radius 3 is 2.71 bits per heavy atom. The first-order chi connectivity index (χ1) is 9.91. The number of methoxy groups -OCH3 is 1. The highest BCUT2D eigenvalue weighted by Gasteiger charge is 2.28. The van der Waals surface area contributed by atoms with Gasteiger partial charge in [0.05, 0.1) is 12.1 Å². The fourth-order valence-electron chi connectivity index (χ4n) is 2.24. The Morgan fingerprint density at radius 2 is 2.14 bits per heavy atom. The average molecular weight is 314 g/mol. The van der Waals surface area contributed by atoms with Crippen LogP contribution in [0.2, 0.25) is 5.02 Å². The summed E-state index contributed by atoms with van der Waals surface area (Å²) in [5, 5.41) is 12.8. The summed E-state index contributed by atoms with van der Waals surface area (Å²) in [6, 6.07) is 7.52. The van der Waals surface area contributed by atoms with Crippen molar-refractivity contribution in [1.29, 1.82) is 0 Å². The number of aliphatic hydroxyl groups is 1. The predicted octanol–water partition coefficient (Wildman–Crippen LogP) is 2.42. The molecule has 0 aliphatic carbocycles. The lowest BCUT2D eigenvalue weighted by molar-refractivity contribution is -0.127. The van der Waals surface area contributed by atoms with Crippen LogP contribution in [-0.4, -0.2) is 36.9 Å². The molecule has 0 aliphatic heterocycles. The van der Waals surface area contributed by atoms with Crippen LogP contribution in [0.25, 0.3) is 0 Å². The highest BCUT2D eigenvalue weighted by atomic mass is 35.5. The molecule has 4 nitrogen and oxygen atoms in total. The third-order valence-electron chi connectivity index (χ3n) is 3.48. The van der Waals surface area contributed by atoms with Gasteiger partial charge in [-0.05, 0) is 31.4 Å². The molecule has 2 unspecified atom stereocenters.